The van der Waals surface area contributed by atoms with Gasteiger partial charge in [0.1, 0.15) is 0 Å². The molecule has 0 spiro atoms. The monoisotopic (exact) mass is 278 g/mol. The van der Waals surface area contributed by atoms with Crippen molar-refractivity contribution in [3.05, 3.63) is 35.4 Å². The van der Waals surface area contributed by atoms with Crippen LogP contribution < -0.4 is 5.32 Å². The first-order valence-corrected chi connectivity index (χ1v) is 6.76. The van der Waals surface area contributed by atoms with Crippen molar-refractivity contribution in [3.8, 4) is 0 Å². The fraction of sp³-hybridized carbons (Fsp3) is 0.429. The van der Waals surface area contributed by atoms with E-state index in [1.807, 2.05) is 30.9 Å². The predicted molar refractivity (Wildman–Crippen MR) is 77.6 cm³/mol. The molecule has 19 heavy (non-hydrogen) atoms. The molecular weight excluding hydrogens is 260 g/mol. The van der Waals surface area contributed by atoms with Gasteiger partial charge in [0, 0.05) is 13.1 Å². The van der Waals surface area contributed by atoms with Crippen molar-refractivity contribution in [2.45, 2.75) is 26.9 Å². The molecule has 0 aliphatic carbocycles. The second-order valence-electron chi connectivity index (χ2n) is 5.05. The maximum absolute atomic E-state index is 11.5. The van der Waals surface area contributed by atoms with Crippen molar-refractivity contribution in [3.63, 3.8) is 0 Å². The molecule has 4 nitrogen and oxygen atoms in total. The highest BCUT2D eigenvalue weighted by Crippen LogP contribution is 2.21. The third-order valence-electron chi connectivity index (χ3n) is 2.88. The molecule has 102 valence electrons. The summed E-state index contributed by atoms with van der Waals surface area (Å²) in [5.41, 5.74) is 2.50. The molecular formula is C14H18N2O2S. The summed E-state index contributed by atoms with van der Waals surface area (Å²) in [6.45, 7) is 5.85. The second kappa shape index (κ2) is 6.02. The van der Waals surface area contributed by atoms with Crippen LogP contribution in [-0.2, 0) is 17.8 Å². The van der Waals surface area contributed by atoms with E-state index in [1.165, 1.54) is 11.1 Å². The standard InChI is InChI=1S/C14H18N2O2S/c1-10(2)9-18-14(17)15-13(19)16-7-11-5-3-4-6-12(11)8-16/h3-6,10H,7-9H2,1-2H3,(H,15,17,19). The van der Waals surface area contributed by atoms with Crippen LogP contribution in [-0.4, -0.2) is 22.7 Å². The summed E-state index contributed by atoms with van der Waals surface area (Å²) in [6, 6.07) is 8.18. The number of hydrogen-bond donors (Lipinski definition) is 1. The molecule has 0 saturated heterocycles. The molecule has 1 amide bonds. The van der Waals surface area contributed by atoms with Gasteiger partial charge in [-0.1, -0.05) is 38.1 Å². The average Bonchev–Trinajstić information content (AvgIpc) is 2.80. The number of rotatable bonds is 2. The molecule has 1 aliphatic rings. The molecule has 0 radical (unpaired) electrons. The Morgan fingerprint density at radius 3 is 2.47 bits per heavy atom. The van der Waals surface area contributed by atoms with E-state index in [-0.39, 0.29) is 0 Å². The van der Waals surface area contributed by atoms with Crippen molar-refractivity contribution in [2.75, 3.05) is 6.61 Å². The first kappa shape index (κ1) is 13.8. The summed E-state index contributed by atoms with van der Waals surface area (Å²) in [5, 5.41) is 3.03. The molecule has 1 aliphatic heterocycles. The van der Waals surface area contributed by atoms with E-state index in [9.17, 15) is 4.79 Å². The molecule has 0 aromatic heterocycles. The van der Waals surface area contributed by atoms with Crippen LogP contribution in [0, 0.1) is 5.92 Å². The zero-order chi connectivity index (χ0) is 13.8. The highest BCUT2D eigenvalue weighted by Gasteiger charge is 2.21. The lowest BCUT2D eigenvalue weighted by Gasteiger charge is -2.19. The lowest BCUT2D eigenvalue weighted by molar-refractivity contribution is 0.137. The number of fused-ring (bicyclic) bond motifs is 1. The summed E-state index contributed by atoms with van der Waals surface area (Å²) < 4.78 is 5.05. The molecule has 1 N–H and O–H groups in total. The SMILES string of the molecule is CC(C)COC(=O)NC(=S)N1Cc2ccccc2C1. The third-order valence-corrected chi connectivity index (χ3v) is 3.25. The molecule has 0 bridgehead atoms. The van der Waals surface area contributed by atoms with E-state index >= 15 is 0 Å². The normalized spacial score (nSPS) is 13.3. The topological polar surface area (TPSA) is 41.6 Å². The van der Waals surface area contributed by atoms with Crippen LogP contribution in [0.2, 0.25) is 0 Å². The molecule has 0 unspecified atom stereocenters. The number of thiocarbonyl (C=S) groups is 1. The fourth-order valence-corrected chi connectivity index (χ4v) is 2.13. The van der Waals surface area contributed by atoms with Crippen LogP contribution in [0.25, 0.3) is 0 Å². The van der Waals surface area contributed by atoms with Crippen LogP contribution >= 0.6 is 12.2 Å². The van der Waals surface area contributed by atoms with Gasteiger partial charge in [-0.2, -0.15) is 0 Å². The first-order valence-electron chi connectivity index (χ1n) is 6.35. The van der Waals surface area contributed by atoms with Gasteiger partial charge in [0.25, 0.3) is 0 Å². The number of nitrogens with zero attached hydrogens (tertiary/aromatic N) is 1. The van der Waals surface area contributed by atoms with Gasteiger partial charge in [-0.3, -0.25) is 5.32 Å². The number of amides is 1. The number of carbonyl (C=O) groups excluding carboxylic acids is 1. The lowest BCUT2D eigenvalue weighted by Crippen LogP contribution is -2.40. The highest BCUT2D eigenvalue weighted by atomic mass is 32.1. The second-order valence-corrected chi connectivity index (χ2v) is 5.43. The minimum Gasteiger partial charge on any atom is -0.449 e. The minimum atomic E-state index is -0.477. The lowest BCUT2D eigenvalue weighted by atomic mass is 10.1. The van der Waals surface area contributed by atoms with E-state index < -0.39 is 6.09 Å². The van der Waals surface area contributed by atoms with Crippen molar-refractivity contribution < 1.29 is 9.53 Å². The van der Waals surface area contributed by atoms with E-state index in [0.29, 0.717) is 17.6 Å². The molecule has 0 saturated carbocycles. The summed E-state index contributed by atoms with van der Waals surface area (Å²) >= 11 is 5.23. The van der Waals surface area contributed by atoms with Gasteiger partial charge >= 0.3 is 6.09 Å². The summed E-state index contributed by atoms with van der Waals surface area (Å²) in [6.07, 6.45) is -0.477. The van der Waals surface area contributed by atoms with Crippen molar-refractivity contribution in [1.29, 1.82) is 0 Å². The van der Waals surface area contributed by atoms with E-state index in [0.717, 1.165) is 13.1 Å². The van der Waals surface area contributed by atoms with Gasteiger partial charge in [-0.05, 0) is 29.3 Å². The Hall–Kier alpha value is -1.62. The van der Waals surface area contributed by atoms with E-state index in [2.05, 4.69) is 17.4 Å². The van der Waals surface area contributed by atoms with Crippen molar-refractivity contribution in [1.82, 2.24) is 10.2 Å². The largest absolute Gasteiger partial charge is 0.449 e. The maximum Gasteiger partial charge on any atom is 0.413 e. The molecule has 1 heterocycles. The highest BCUT2D eigenvalue weighted by molar-refractivity contribution is 7.80. The Balaban J connectivity index is 1.84. The molecule has 5 heteroatoms. The number of benzene rings is 1. The Morgan fingerprint density at radius 2 is 1.95 bits per heavy atom. The van der Waals surface area contributed by atoms with E-state index in [1.54, 1.807) is 0 Å². The Labute approximate surface area is 118 Å². The minimum absolute atomic E-state index is 0.315. The number of nitrogens with one attached hydrogen (secondary N) is 1. The molecule has 0 atom stereocenters. The van der Waals surface area contributed by atoms with Crippen LogP contribution in [0.3, 0.4) is 0 Å². The zero-order valence-electron chi connectivity index (χ0n) is 11.2. The summed E-state index contributed by atoms with van der Waals surface area (Å²) in [5.74, 6) is 0.315. The number of ether oxygens (including phenoxy) is 1. The van der Waals surface area contributed by atoms with Crippen LogP contribution in [0.4, 0.5) is 4.79 Å². The average molecular weight is 278 g/mol. The van der Waals surface area contributed by atoms with Crippen LogP contribution in [0.15, 0.2) is 24.3 Å². The predicted octanol–water partition coefficient (Wildman–Crippen LogP) is 2.67. The Kier molecular flexibility index (Phi) is 4.37. The quantitative estimate of drug-likeness (QED) is 0.845. The molecule has 1 aromatic rings. The zero-order valence-corrected chi connectivity index (χ0v) is 12.0. The van der Waals surface area contributed by atoms with Crippen molar-refractivity contribution in [2.24, 2.45) is 5.92 Å². The summed E-state index contributed by atoms with van der Waals surface area (Å²) in [7, 11) is 0. The van der Waals surface area contributed by atoms with Gasteiger partial charge in [0.2, 0.25) is 0 Å². The van der Waals surface area contributed by atoms with Gasteiger partial charge in [0.05, 0.1) is 6.61 Å². The smallest absolute Gasteiger partial charge is 0.413 e. The van der Waals surface area contributed by atoms with E-state index in [4.69, 9.17) is 17.0 Å². The molecule has 1 aromatic carbocycles. The number of alkyl carbamates (subject to hydrolysis) is 1. The Morgan fingerprint density at radius 1 is 1.37 bits per heavy atom. The third kappa shape index (κ3) is 3.67. The van der Waals surface area contributed by atoms with Gasteiger partial charge in [-0.25, -0.2) is 4.79 Å². The van der Waals surface area contributed by atoms with Gasteiger partial charge < -0.3 is 9.64 Å². The van der Waals surface area contributed by atoms with Crippen LogP contribution in [0.1, 0.15) is 25.0 Å². The van der Waals surface area contributed by atoms with Gasteiger partial charge in [-0.15, -0.1) is 0 Å². The number of carbonyl (C=O) groups is 1. The first-order chi connectivity index (χ1) is 9.06. The van der Waals surface area contributed by atoms with Crippen LogP contribution in [0.5, 0.6) is 0 Å². The fourth-order valence-electron chi connectivity index (χ4n) is 1.92. The van der Waals surface area contributed by atoms with Gasteiger partial charge in [0.15, 0.2) is 5.11 Å². The molecule has 0 fully saturated rings. The van der Waals surface area contributed by atoms with Crippen molar-refractivity contribution >= 4 is 23.4 Å². The summed E-state index contributed by atoms with van der Waals surface area (Å²) in [4.78, 5) is 13.5. The Bertz CT molecular complexity index is 463. The maximum atomic E-state index is 11.5. The molecule has 2 rings (SSSR count). The number of hydrogen-bond acceptors (Lipinski definition) is 3.